The summed E-state index contributed by atoms with van der Waals surface area (Å²) in [7, 11) is 3.51. The smallest absolute Gasteiger partial charge is 0.228 e. The second-order valence-corrected chi connectivity index (χ2v) is 6.14. The second kappa shape index (κ2) is 8.29. The van der Waals surface area contributed by atoms with Crippen molar-refractivity contribution in [2.24, 2.45) is 0 Å². The van der Waals surface area contributed by atoms with Gasteiger partial charge in [0.1, 0.15) is 0 Å². The van der Waals surface area contributed by atoms with Crippen LogP contribution in [-0.4, -0.2) is 30.8 Å². The van der Waals surface area contributed by atoms with E-state index >= 15 is 0 Å². The fourth-order valence-corrected chi connectivity index (χ4v) is 2.47. The molecule has 0 bridgehead atoms. The van der Waals surface area contributed by atoms with E-state index in [1.54, 1.807) is 19.0 Å². The quantitative estimate of drug-likeness (QED) is 0.887. The Hall–Kier alpha value is -2.62. The summed E-state index contributed by atoms with van der Waals surface area (Å²) in [6.45, 7) is 2.00. The fraction of sp³-hybridized carbons (Fsp3) is 0.300. The minimum absolute atomic E-state index is 0.0363. The molecule has 2 aromatic carbocycles. The lowest BCUT2D eigenvalue weighted by Gasteiger charge is -2.11. The standard InChI is InChI=1S/C20H24N2O2/c1-15-7-4-5-9-17(15)14-19(23)21-18-10-6-8-16(13-18)11-12-20(24)22(2)3/h4-10,13H,11-12,14H2,1-3H3,(H,21,23). The van der Waals surface area contributed by atoms with Crippen molar-refractivity contribution in [2.45, 2.75) is 26.2 Å². The summed E-state index contributed by atoms with van der Waals surface area (Å²) in [5.41, 5.74) is 3.95. The van der Waals surface area contributed by atoms with Gasteiger partial charge in [-0.3, -0.25) is 9.59 Å². The van der Waals surface area contributed by atoms with Gasteiger partial charge in [0.15, 0.2) is 0 Å². The number of amides is 2. The van der Waals surface area contributed by atoms with Crippen LogP contribution in [0.5, 0.6) is 0 Å². The third-order valence-corrected chi connectivity index (χ3v) is 3.95. The molecule has 2 rings (SSSR count). The Labute approximate surface area is 143 Å². The average Bonchev–Trinajstić information content (AvgIpc) is 2.55. The van der Waals surface area contributed by atoms with Crippen molar-refractivity contribution in [1.82, 2.24) is 4.90 Å². The zero-order chi connectivity index (χ0) is 17.5. The van der Waals surface area contributed by atoms with Gasteiger partial charge in [0.2, 0.25) is 11.8 Å². The lowest BCUT2D eigenvalue weighted by atomic mass is 10.1. The van der Waals surface area contributed by atoms with E-state index in [9.17, 15) is 9.59 Å². The minimum Gasteiger partial charge on any atom is -0.349 e. The molecule has 0 aliphatic carbocycles. The van der Waals surface area contributed by atoms with Gasteiger partial charge in [-0.2, -0.15) is 0 Å². The molecule has 0 spiro atoms. The third kappa shape index (κ3) is 5.23. The molecule has 2 aromatic rings. The molecule has 2 amide bonds. The number of anilines is 1. The molecule has 0 fully saturated rings. The zero-order valence-corrected chi connectivity index (χ0v) is 14.5. The molecule has 126 valence electrons. The average molecular weight is 324 g/mol. The summed E-state index contributed by atoms with van der Waals surface area (Å²) in [6.07, 6.45) is 1.49. The van der Waals surface area contributed by atoms with Crippen molar-refractivity contribution in [1.29, 1.82) is 0 Å². The Morgan fingerprint density at radius 3 is 2.50 bits per heavy atom. The lowest BCUT2D eigenvalue weighted by Crippen LogP contribution is -2.21. The molecule has 0 saturated heterocycles. The maximum atomic E-state index is 12.2. The lowest BCUT2D eigenvalue weighted by molar-refractivity contribution is -0.128. The highest BCUT2D eigenvalue weighted by molar-refractivity contribution is 5.92. The van der Waals surface area contributed by atoms with Gasteiger partial charge in [-0.05, 0) is 42.2 Å². The predicted molar refractivity (Wildman–Crippen MR) is 97.0 cm³/mol. The van der Waals surface area contributed by atoms with Crippen LogP contribution in [-0.2, 0) is 22.4 Å². The molecule has 24 heavy (non-hydrogen) atoms. The van der Waals surface area contributed by atoms with E-state index in [-0.39, 0.29) is 11.8 Å². The minimum atomic E-state index is -0.0363. The van der Waals surface area contributed by atoms with Gasteiger partial charge in [-0.25, -0.2) is 0 Å². The number of nitrogens with zero attached hydrogens (tertiary/aromatic N) is 1. The van der Waals surface area contributed by atoms with Crippen LogP contribution >= 0.6 is 0 Å². The molecule has 0 heterocycles. The number of benzene rings is 2. The summed E-state index contributed by atoms with van der Waals surface area (Å²) >= 11 is 0. The van der Waals surface area contributed by atoms with E-state index in [1.807, 2.05) is 55.5 Å². The van der Waals surface area contributed by atoms with E-state index < -0.39 is 0 Å². The Balaban J connectivity index is 1.95. The third-order valence-electron chi connectivity index (χ3n) is 3.95. The largest absolute Gasteiger partial charge is 0.349 e. The number of nitrogens with one attached hydrogen (secondary N) is 1. The van der Waals surface area contributed by atoms with Crippen LogP contribution in [0, 0.1) is 6.92 Å². The van der Waals surface area contributed by atoms with Gasteiger partial charge >= 0.3 is 0 Å². The van der Waals surface area contributed by atoms with Crippen LogP contribution in [0.3, 0.4) is 0 Å². The van der Waals surface area contributed by atoms with Crippen LogP contribution in [0.4, 0.5) is 5.69 Å². The monoisotopic (exact) mass is 324 g/mol. The van der Waals surface area contributed by atoms with E-state index in [0.29, 0.717) is 19.3 Å². The van der Waals surface area contributed by atoms with Crippen LogP contribution < -0.4 is 5.32 Å². The van der Waals surface area contributed by atoms with Gasteiger partial charge in [0.05, 0.1) is 6.42 Å². The molecule has 0 atom stereocenters. The molecule has 4 heteroatoms. The molecule has 0 saturated carbocycles. The highest BCUT2D eigenvalue weighted by Gasteiger charge is 2.08. The van der Waals surface area contributed by atoms with Crippen molar-refractivity contribution in [3.63, 3.8) is 0 Å². The molecule has 0 aromatic heterocycles. The fourth-order valence-electron chi connectivity index (χ4n) is 2.47. The highest BCUT2D eigenvalue weighted by Crippen LogP contribution is 2.14. The van der Waals surface area contributed by atoms with Gasteiger partial charge in [0.25, 0.3) is 0 Å². The Kier molecular flexibility index (Phi) is 6.13. The normalized spacial score (nSPS) is 10.3. The number of aryl methyl sites for hydroxylation is 2. The van der Waals surface area contributed by atoms with E-state index in [1.165, 1.54) is 0 Å². The maximum Gasteiger partial charge on any atom is 0.228 e. The van der Waals surface area contributed by atoms with Crippen molar-refractivity contribution in [2.75, 3.05) is 19.4 Å². The summed E-state index contributed by atoms with van der Waals surface area (Å²) in [6, 6.07) is 15.6. The second-order valence-electron chi connectivity index (χ2n) is 6.14. The van der Waals surface area contributed by atoms with E-state index in [2.05, 4.69) is 5.32 Å². The first-order valence-corrected chi connectivity index (χ1v) is 8.09. The summed E-state index contributed by atoms with van der Waals surface area (Å²) < 4.78 is 0. The summed E-state index contributed by atoms with van der Waals surface area (Å²) in [5.74, 6) is 0.0646. The number of hydrogen-bond acceptors (Lipinski definition) is 2. The summed E-state index contributed by atoms with van der Waals surface area (Å²) in [5, 5.41) is 2.93. The van der Waals surface area contributed by atoms with E-state index in [0.717, 1.165) is 22.4 Å². The van der Waals surface area contributed by atoms with Crippen molar-refractivity contribution in [3.05, 3.63) is 65.2 Å². The molecular weight excluding hydrogens is 300 g/mol. The maximum absolute atomic E-state index is 12.2. The van der Waals surface area contributed by atoms with Crippen molar-refractivity contribution in [3.8, 4) is 0 Å². The van der Waals surface area contributed by atoms with Gasteiger partial charge in [-0.15, -0.1) is 0 Å². The topological polar surface area (TPSA) is 49.4 Å². The first-order chi connectivity index (χ1) is 11.5. The van der Waals surface area contributed by atoms with E-state index in [4.69, 9.17) is 0 Å². The molecule has 0 radical (unpaired) electrons. The highest BCUT2D eigenvalue weighted by atomic mass is 16.2. The first kappa shape index (κ1) is 17.7. The van der Waals surface area contributed by atoms with Gasteiger partial charge in [0, 0.05) is 26.2 Å². The Morgan fingerprint density at radius 1 is 1.04 bits per heavy atom. The molecule has 0 aliphatic rings. The van der Waals surface area contributed by atoms with Crippen LogP contribution in [0.15, 0.2) is 48.5 Å². The molecule has 0 aliphatic heterocycles. The number of carbonyl (C=O) groups is 2. The summed E-state index contributed by atoms with van der Waals surface area (Å²) in [4.78, 5) is 25.5. The number of hydrogen-bond donors (Lipinski definition) is 1. The van der Waals surface area contributed by atoms with Gasteiger partial charge < -0.3 is 10.2 Å². The number of rotatable bonds is 6. The first-order valence-electron chi connectivity index (χ1n) is 8.09. The molecule has 4 nitrogen and oxygen atoms in total. The van der Waals surface area contributed by atoms with Crippen LogP contribution in [0.2, 0.25) is 0 Å². The van der Waals surface area contributed by atoms with Crippen LogP contribution in [0.1, 0.15) is 23.1 Å². The molecule has 0 unspecified atom stereocenters. The van der Waals surface area contributed by atoms with Crippen LogP contribution in [0.25, 0.3) is 0 Å². The molecule has 1 N–H and O–H groups in total. The van der Waals surface area contributed by atoms with Gasteiger partial charge in [-0.1, -0.05) is 36.4 Å². The SMILES string of the molecule is Cc1ccccc1CC(=O)Nc1cccc(CCC(=O)N(C)C)c1. The Morgan fingerprint density at radius 2 is 1.79 bits per heavy atom. The van der Waals surface area contributed by atoms with Crippen molar-refractivity contribution >= 4 is 17.5 Å². The number of carbonyl (C=O) groups excluding carboxylic acids is 2. The Bertz CT molecular complexity index is 723. The predicted octanol–water partition coefficient (Wildman–Crippen LogP) is 3.20. The van der Waals surface area contributed by atoms with Crippen molar-refractivity contribution < 1.29 is 9.59 Å². The molecular formula is C20H24N2O2. The zero-order valence-electron chi connectivity index (χ0n) is 14.5.